The Balaban J connectivity index is 2.28. The van der Waals surface area contributed by atoms with E-state index in [0.717, 1.165) is 5.56 Å². The van der Waals surface area contributed by atoms with E-state index in [1.807, 2.05) is 51.1 Å². The molecule has 0 unspecified atom stereocenters. The van der Waals surface area contributed by atoms with Crippen molar-refractivity contribution in [3.8, 4) is 0 Å². The molecule has 0 aliphatic heterocycles. The molecule has 2 rings (SSSR count). The lowest BCUT2D eigenvalue weighted by Crippen LogP contribution is -2.29. The van der Waals surface area contributed by atoms with E-state index in [4.69, 9.17) is 0 Å². The number of carbonyl (C=O) groups is 1. The van der Waals surface area contributed by atoms with Gasteiger partial charge in [-0.25, -0.2) is 4.98 Å². The Kier molecular flexibility index (Phi) is 4.36. The lowest BCUT2D eigenvalue weighted by Gasteiger charge is -2.16. The van der Waals surface area contributed by atoms with Crippen LogP contribution in [0.2, 0.25) is 0 Å². The molecule has 0 bridgehead atoms. The zero-order valence-corrected chi connectivity index (χ0v) is 12.7. The molecule has 1 heterocycles. The van der Waals surface area contributed by atoms with Gasteiger partial charge >= 0.3 is 0 Å². The van der Waals surface area contributed by atoms with Crippen LogP contribution in [0.5, 0.6) is 0 Å². The molecule has 0 saturated carbocycles. The molecule has 2 aromatic rings. The van der Waals surface area contributed by atoms with Crippen LogP contribution in [0.1, 0.15) is 43.2 Å². The van der Waals surface area contributed by atoms with E-state index in [1.54, 1.807) is 6.20 Å². The summed E-state index contributed by atoms with van der Waals surface area (Å²) in [6.45, 7) is 6.35. The molecule has 0 radical (unpaired) electrons. The molecule has 0 N–H and O–H groups in total. The van der Waals surface area contributed by atoms with Crippen LogP contribution in [0.4, 0.5) is 0 Å². The normalized spacial score (nSPS) is 11.4. The van der Waals surface area contributed by atoms with Crippen molar-refractivity contribution < 1.29 is 4.79 Å². The Morgan fingerprint density at radius 1 is 1.19 bits per heavy atom. The summed E-state index contributed by atoms with van der Waals surface area (Å²) in [7, 11) is 0. The minimum absolute atomic E-state index is 0.0309. The summed E-state index contributed by atoms with van der Waals surface area (Å²) in [5, 5.41) is 0. The van der Waals surface area contributed by atoms with Crippen molar-refractivity contribution in [2.45, 2.75) is 33.7 Å². The molecule has 1 aromatic heterocycles. The molecular weight excluding hydrogens is 264 g/mol. The van der Waals surface area contributed by atoms with Gasteiger partial charge in [0.25, 0.3) is 5.56 Å². The number of aromatic nitrogens is 2. The summed E-state index contributed by atoms with van der Waals surface area (Å²) >= 11 is 0. The second-order valence-electron chi connectivity index (χ2n) is 6.36. The monoisotopic (exact) mass is 284 g/mol. The van der Waals surface area contributed by atoms with E-state index in [1.165, 1.54) is 10.8 Å². The van der Waals surface area contributed by atoms with Crippen molar-refractivity contribution >= 4 is 5.78 Å². The Hall–Kier alpha value is -2.23. The number of nitrogens with zero attached hydrogens (tertiary/aromatic N) is 2. The largest absolute Gasteiger partial charge is 0.308 e. The maximum absolute atomic E-state index is 12.4. The van der Waals surface area contributed by atoms with Gasteiger partial charge in [0.1, 0.15) is 0 Å². The minimum Gasteiger partial charge on any atom is -0.308 e. The highest BCUT2D eigenvalue weighted by molar-refractivity contribution is 5.94. The summed E-state index contributed by atoms with van der Waals surface area (Å²) in [5.74, 6) is -0.199. The minimum atomic E-state index is -0.324. The van der Waals surface area contributed by atoms with Gasteiger partial charge in [0.05, 0.1) is 6.54 Å². The Morgan fingerprint density at radius 3 is 2.48 bits per heavy atom. The predicted octanol–water partition coefficient (Wildman–Crippen LogP) is 2.91. The van der Waals surface area contributed by atoms with Gasteiger partial charge in [0.15, 0.2) is 11.5 Å². The number of hydrogen-bond acceptors (Lipinski definition) is 3. The second-order valence-corrected chi connectivity index (χ2v) is 6.36. The molecule has 1 aromatic carbocycles. The first-order chi connectivity index (χ1) is 9.87. The Morgan fingerprint density at radius 2 is 1.86 bits per heavy atom. The van der Waals surface area contributed by atoms with Gasteiger partial charge in [0, 0.05) is 18.8 Å². The standard InChI is InChI=1S/C17H20N2O2/c1-17(2,3)11-14(20)15-16(21)19(10-9-18-15)12-13-7-5-4-6-8-13/h4-10H,11-12H2,1-3H3. The van der Waals surface area contributed by atoms with Gasteiger partial charge in [0.2, 0.25) is 0 Å². The van der Waals surface area contributed by atoms with E-state index in [0.29, 0.717) is 13.0 Å². The first-order valence-corrected chi connectivity index (χ1v) is 6.99. The lowest BCUT2D eigenvalue weighted by molar-refractivity contribution is 0.0932. The number of ketones is 1. The zero-order valence-electron chi connectivity index (χ0n) is 12.7. The molecule has 4 heteroatoms. The van der Waals surface area contributed by atoms with Crippen LogP contribution in [0.15, 0.2) is 47.5 Å². The highest BCUT2D eigenvalue weighted by atomic mass is 16.1. The third-order valence-corrected chi connectivity index (χ3v) is 3.06. The van der Waals surface area contributed by atoms with E-state index in [9.17, 15) is 9.59 Å². The summed E-state index contributed by atoms with van der Waals surface area (Å²) < 4.78 is 1.53. The molecule has 110 valence electrons. The molecule has 0 fully saturated rings. The first kappa shape index (κ1) is 15.2. The number of Topliss-reactive ketones (excluding diaryl/α,β-unsaturated/α-hetero) is 1. The predicted molar refractivity (Wildman–Crippen MR) is 82.4 cm³/mol. The molecular formula is C17H20N2O2. The smallest absolute Gasteiger partial charge is 0.280 e. The van der Waals surface area contributed by atoms with Crippen molar-refractivity contribution in [2.75, 3.05) is 0 Å². The number of benzene rings is 1. The van der Waals surface area contributed by atoms with Crippen molar-refractivity contribution in [1.29, 1.82) is 0 Å². The Bertz CT molecular complexity index is 682. The van der Waals surface area contributed by atoms with Crippen LogP contribution in [0.3, 0.4) is 0 Å². The summed E-state index contributed by atoms with van der Waals surface area (Å²) in [6.07, 6.45) is 3.44. The van der Waals surface area contributed by atoms with Gasteiger partial charge in [-0.15, -0.1) is 0 Å². The van der Waals surface area contributed by atoms with Crippen LogP contribution < -0.4 is 5.56 Å². The summed E-state index contributed by atoms with van der Waals surface area (Å²) in [4.78, 5) is 28.6. The Labute approximate surface area is 124 Å². The number of carbonyl (C=O) groups excluding carboxylic acids is 1. The molecule has 0 aliphatic carbocycles. The van der Waals surface area contributed by atoms with Gasteiger partial charge in [-0.1, -0.05) is 51.1 Å². The fourth-order valence-electron chi connectivity index (χ4n) is 2.11. The number of hydrogen-bond donors (Lipinski definition) is 0. The van der Waals surface area contributed by atoms with E-state index in [2.05, 4.69) is 4.98 Å². The number of rotatable bonds is 4. The van der Waals surface area contributed by atoms with E-state index >= 15 is 0 Å². The fourth-order valence-corrected chi connectivity index (χ4v) is 2.11. The molecule has 0 saturated heterocycles. The van der Waals surface area contributed by atoms with Crippen LogP contribution in [0, 0.1) is 5.41 Å². The average Bonchev–Trinajstić information content (AvgIpc) is 2.40. The lowest BCUT2D eigenvalue weighted by atomic mass is 9.89. The van der Waals surface area contributed by atoms with Crippen molar-refractivity contribution in [2.24, 2.45) is 5.41 Å². The van der Waals surface area contributed by atoms with Crippen LogP contribution >= 0.6 is 0 Å². The quantitative estimate of drug-likeness (QED) is 0.811. The molecule has 0 amide bonds. The van der Waals surface area contributed by atoms with Crippen molar-refractivity contribution in [3.05, 3.63) is 64.3 Å². The van der Waals surface area contributed by atoms with Crippen LogP contribution in [-0.4, -0.2) is 15.3 Å². The highest BCUT2D eigenvalue weighted by Gasteiger charge is 2.21. The van der Waals surface area contributed by atoms with Crippen molar-refractivity contribution in [3.63, 3.8) is 0 Å². The van der Waals surface area contributed by atoms with Gasteiger partial charge in [-0.3, -0.25) is 9.59 Å². The zero-order chi connectivity index (χ0) is 15.5. The van der Waals surface area contributed by atoms with Crippen LogP contribution in [-0.2, 0) is 6.54 Å². The first-order valence-electron chi connectivity index (χ1n) is 6.99. The van der Waals surface area contributed by atoms with Crippen LogP contribution in [0.25, 0.3) is 0 Å². The summed E-state index contributed by atoms with van der Waals surface area (Å²) in [5.41, 5.74) is 0.560. The summed E-state index contributed by atoms with van der Waals surface area (Å²) in [6, 6.07) is 9.67. The molecule has 0 atom stereocenters. The van der Waals surface area contributed by atoms with E-state index < -0.39 is 0 Å². The maximum atomic E-state index is 12.4. The molecule has 0 aliphatic rings. The van der Waals surface area contributed by atoms with Gasteiger partial charge < -0.3 is 4.57 Å². The van der Waals surface area contributed by atoms with E-state index in [-0.39, 0.29) is 22.5 Å². The highest BCUT2D eigenvalue weighted by Crippen LogP contribution is 2.19. The van der Waals surface area contributed by atoms with Gasteiger partial charge in [-0.2, -0.15) is 0 Å². The topological polar surface area (TPSA) is 52.0 Å². The maximum Gasteiger partial charge on any atom is 0.280 e. The van der Waals surface area contributed by atoms with Gasteiger partial charge in [-0.05, 0) is 11.0 Å². The van der Waals surface area contributed by atoms with Crippen molar-refractivity contribution in [1.82, 2.24) is 9.55 Å². The molecule has 0 spiro atoms. The molecule has 4 nitrogen and oxygen atoms in total. The SMILES string of the molecule is CC(C)(C)CC(=O)c1nccn(Cc2ccccc2)c1=O. The third-order valence-electron chi connectivity index (χ3n) is 3.06. The second kappa shape index (κ2) is 6.04. The third kappa shape index (κ3) is 4.12. The fraction of sp³-hybridized carbons (Fsp3) is 0.353. The molecule has 21 heavy (non-hydrogen) atoms. The average molecular weight is 284 g/mol.